The maximum absolute atomic E-state index is 11.0. The van der Waals surface area contributed by atoms with Gasteiger partial charge in [0.1, 0.15) is 5.52 Å². The molecule has 1 aromatic carbocycles. The molecule has 0 aliphatic heterocycles. The highest BCUT2D eigenvalue weighted by atomic mass is 16.5. The number of carbonyl (C=O) groups excluding carboxylic acids is 1. The summed E-state index contributed by atoms with van der Waals surface area (Å²) in [5.41, 5.74) is 2.07. The highest BCUT2D eigenvalue weighted by Crippen LogP contribution is 2.16. The van der Waals surface area contributed by atoms with Crippen LogP contribution in [0.4, 0.5) is 0 Å². The quantitative estimate of drug-likeness (QED) is 0.652. The van der Waals surface area contributed by atoms with E-state index in [-0.39, 0.29) is 5.97 Å². The average Bonchev–Trinajstić information content (AvgIpc) is 2.06. The van der Waals surface area contributed by atoms with Gasteiger partial charge < -0.3 is 9.26 Å². The molecular weight excluding hydrogens is 158 g/mol. The smallest absolute Gasteiger partial charge is 0.337 e. The molecule has 12 heavy (non-hydrogen) atoms. The van der Waals surface area contributed by atoms with Crippen LogP contribution in [0, 0.1) is 0 Å². The lowest BCUT2D eigenvalue weighted by Crippen LogP contribution is -2.01. The van der Waals surface area contributed by atoms with E-state index in [1.165, 1.54) is 7.11 Å². The number of fused-ring (bicyclic) bond motifs is 1. The van der Waals surface area contributed by atoms with Gasteiger partial charge in [0.25, 0.3) is 0 Å². The average molecular weight is 165 g/mol. The van der Waals surface area contributed by atoms with E-state index in [0.29, 0.717) is 11.1 Å². The molecule has 0 spiro atoms. The Morgan fingerprint density at radius 2 is 2.42 bits per heavy atom. The van der Waals surface area contributed by atoms with Crippen LogP contribution in [-0.4, -0.2) is 18.2 Å². The van der Waals surface area contributed by atoms with E-state index in [4.69, 9.17) is 4.52 Å². The zero-order valence-corrected chi connectivity index (χ0v) is 6.46. The topological polar surface area (TPSA) is 55.2 Å². The largest absolute Gasteiger partial charge is 0.465 e. The Balaban J connectivity index is 2.45. The second kappa shape index (κ2) is 2.41. The van der Waals surface area contributed by atoms with Crippen molar-refractivity contribution in [2.24, 2.45) is 0 Å². The minimum Gasteiger partial charge on any atom is -0.465 e. The van der Waals surface area contributed by atoms with Crippen molar-refractivity contribution < 1.29 is 14.1 Å². The van der Waals surface area contributed by atoms with E-state index < -0.39 is 0 Å². The predicted octanol–water partition coefficient (Wildman–Crippen LogP) is 1.55. The van der Waals surface area contributed by atoms with E-state index >= 15 is 0 Å². The molecule has 0 radical (unpaired) electrons. The molecule has 62 valence electrons. The number of H-pyrrole nitrogens is 1. The van der Waals surface area contributed by atoms with Crippen molar-refractivity contribution in [3.05, 3.63) is 23.8 Å². The number of aromatic amines is 1. The van der Waals surface area contributed by atoms with Gasteiger partial charge in [0, 0.05) is 6.07 Å². The third-order valence-corrected chi connectivity index (χ3v) is 1.67. The lowest BCUT2D eigenvalue weighted by molar-refractivity contribution is 0.0600. The SMILES string of the molecule is COC(=O)c1ccc2[nH]oc2c1. The molecule has 1 N–H and O–H groups in total. The summed E-state index contributed by atoms with van der Waals surface area (Å²) in [6, 6.07) is 5.09. The van der Waals surface area contributed by atoms with Gasteiger partial charge in [-0.2, -0.15) is 0 Å². The van der Waals surface area contributed by atoms with Gasteiger partial charge in [-0.3, -0.25) is 0 Å². The number of esters is 1. The lowest BCUT2D eigenvalue weighted by Gasteiger charge is -2.02. The molecule has 0 atom stereocenters. The molecule has 1 aromatic heterocycles. The molecule has 0 aliphatic carbocycles. The summed E-state index contributed by atoms with van der Waals surface area (Å²) in [7, 11) is 1.35. The van der Waals surface area contributed by atoms with Crippen molar-refractivity contribution in [3.8, 4) is 0 Å². The van der Waals surface area contributed by atoms with Crippen LogP contribution in [-0.2, 0) is 4.74 Å². The number of benzene rings is 1. The number of aromatic nitrogens is 1. The first-order valence-electron chi connectivity index (χ1n) is 3.46. The summed E-state index contributed by atoms with van der Waals surface area (Å²) >= 11 is 0. The number of methoxy groups -OCH3 is 1. The van der Waals surface area contributed by atoms with Gasteiger partial charge in [-0.05, 0) is 12.1 Å². The molecule has 0 amide bonds. The monoisotopic (exact) mass is 165 g/mol. The fourth-order valence-corrected chi connectivity index (χ4v) is 1.000. The van der Waals surface area contributed by atoms with Gasteiger partial charge >= 0.3 is 5.97 Å². The molecule has 4 nitrogen and oxygen atoms in total. The van der Waals surface area contributed by atoms with E-state index in [9.17, 15) is 4.79 Å². The van der Waals surface area contributed by atoms with Gasteiger partial charge in [-0.25, -0.2) is 9.95 Å². The van der Waals surface area contributed by atoms with Crippen molar-refractivity contribution in [2.45, 2.75) is 0 Å². The summed E-state index contributed by atoms with van der Waals surface area (Å²) in [5, 5.41) is 2.62. The zero-order chi connectivity index (χ0) is 8.55. The van der Waals surface area contributed by atoms with Crippen LogP contribution in [0.3, 0.4) is 0 Å². The Labute approximate surface area is 68.1 Å². The first kappa shape index (κ1) is 6.97. The molecule has 0 bridgehead atoms. The minimum absolute atomic E-state index is 0.353. The number of carbonyl (C=O) groups is 1. The van der Waals surface area contributed by atoms with Crippen LogP contribution in [0.2, 0.25) is 0 Å². The van der Waals surface area contributed by atoms with Crippen LogP contribution >= 0.6 is 0 Å². The van der Waals surface area contributed by atoms with Crippen LogP contribution < -0.4 is 0 Å². The number of hydrogen-bond acceptors (Lipinski definition) is 3. The second-order valence-corrected chi connectivity index (χ2v) is 2.41. The molecular formula is C8H7NO3. The summed E-state index contributed by atoms with van der Waals surface area (Å²) < 4.78 is 9.39. The Morgan fingerprint density at radius 1 is 1.58 bits per heavy atom. The Morgan fingerprint density at radius 3 is 2.92 bits per heavy atom. The third-order valence-electron chi connectivity index (χ3n) is 1.67. The number of hydrogen-bond donors (Lipinski definition) is 1. The van der Waals surface area contributed by atoms with Crippen molar-refractivity contribution in [1.29, 1.82) is 0 Å². The van der Waals surface area contributed by atoms with E-state index in [1.807, 2.05) is 0 Å². The normalized spacial score (nSPS) is 10.4. The first-order chi connectivity index (χ1) is 5.81. The molecule has 4 heteroatoms. The summed E-state index contributed by atoms with van der Waals surface area (Å²) in [4.78, 5) is 11.0. The minimum atomic E-state index is -0.353. The van der Waals surface area contributed by atoms with Crippen molar-refractivity contribution in [2.75, 3.05) is 7.11 Å². The van der Waals surface area contributed by atoms with Crippen molar-refractivity contribution in [1.82, 2.24) is 5.16 Å². The molecule has 0 saturated heterocycles. The summed E-state index contributed by atoms with van der Waals surface area (Å²) in [6.45, 7) is 0. The first-order valence-corrected chi connectivity index (χ1v) is 3.46. The molecule has 0 fully saturated rings. The second-order valence-electron chi connectivity index (χ2n) is 2.41. The van der Waals surface area contributed by atoms with Crippen LogP contribution in [0.1, 0.15) is 10.4 Å². The summed E-state index contributed by atoms with van der Waals surface area (Å²) in [5.74, 6) is -0.353. The van der Waals surface area contributed by atoms with Crippen LogP contribution in [0.5, 0.6) is 0 Å². The highest BCUT2D eigenvalue weighted by molar-refractivity contribution is 5.93. The van der Waals surface area contributed by atoms with Gasteiger partial charge in [0.2, 0.25) is 0 Å². The highest BCUT2D eigenvalue weighted by Gasteiger charge is 2.08. The molecule has 0 unspecified atom stereocenters. The van der Waals surface area contributed by atoms with Crippen molar-refractivity contribution in [3.63, 3.8) is 0 Å². The predicted molar refractivity (Wildman–Crippen MR) is 41.9 cm³/mol. The van der Waals surface area contributed by atoms with Crippen LogP contribution in [0.15, 0.2) is 22.7 Å². The molecule has 2 rings (SSSR count). The van der Waals surface area contributed by atoms with Gasteiger partial charge in [-0.1, -0.05) is 0 Å². The van der Waals surface area contributed by atoms with Gasteiger partial charge in [-0.15, -0.1) is 0 Å². The third kappa shape index (κ3) is 0.887. The molecule has 0 saturated carbocycles. The van der Waals surface area contributed by atoms with Crippen LogP contribution in [0.25, 0.3) is 11.1 Å². The number of rotatable bonds is 1. The maximum Gasteiger partial charge on any atom is 0.337 e. The van der Waals surface area contributed by atoms with Gasteiger partial charge in [0.15, 0.2) is 5.58 Å². The zero-order valence-electron chi connectivity index (χ0n) is 6.46. The number of nitrogens with one attached hydrogen (secondary N) is 1. The van der Waals surface area contributed by atoms with E-state index in [0.717, 1.165) is 5.52 Å². The summed E-state index contributed by atoms with van der Waals surface area (Å²) in [6.07, 6.45) is 0. The van der Waals surface area contributed by atoms with E-state index in [1.54, 1.807) is 18.2 Å². The van der Waals surface area contributed by atoms with Gasteiger partial charge in [0.05, 0.1) is 12.7 Å². The Bertz CT molecular complexity index is 413. The molecule has 2 aromatic rings. The Kier molecular flexibility index (Phi) is 1.40. The van der Waals surface area contributed by atoms with E-state index in [2.05, 4.69) is 9.89 Å². The molecule has 0 aliphatic rings. The molecule has 1 heterocycles. The Hall–Kier alpha value is -1.71. The lowest BCUT2D eigenvalue weighted by atomic mass is 10.2. The maximum atomic E-state index is 11.0. The fourth-order valence-electron chi connectivity index (χ4n) is 1.000. The standard InChI is InChI=1S/C8H7NO3/c1-11-8(10)5-2-3-6-7(4-5)12-9-6/h2-4,9H,1H3. The fraction of sp³-hybridized carbons (Fsp3) is 0.125. The number of ether oxygens (including phenoxy) is 1. The van der Waals surface area contributed by atoms with Crippen molar-refractivity contribution >= 4 is 17.1 Å².